The van der Waals surface area contributed by atoms with Gasteiger partial charge in [0.1, 0.15) is 6.04 Å². The van der Waals surface area contributed by atoms with Gasteiger partial charge in [0.05, 0.1) is 0 Å². The molecule has 1 atom stereocenters. The van der Waals surface area contributed by atoms with Crippen molar-refractivity contribution < 1.29 is 14.7 Å². The number of carbonyl (C=O) groups excluding carboxylic acids is 1. The van der Waals surface area contributed by atoms with Crippen molar-refractivity contribution in [3.8, 4) is 0 Å². The van der Waals surface area contributed by atoms with Crippen LogP contribution in [-0.4, -0.2) is 28.8 Å². The first-order valence-electron chi connectivity index (χ1n) is 3.24. The molecule has 0 spiro atoms. The highest BCUT2D eigenvalue weighted by Gasteiger charge is 2.16. The van der Waals surface area contributed by atoms with E-state index < -0.39 is 12.0 Å². The van der Waals surface area contributed by atoms with Crippen molar-refractivity contribution in [1.29, 1.82) is 0 Å². The van der Waals surface area contributed by atoms with Crippen LogP contribution in [0.4, 0.5) is 0 Å². The highest BCUT2D eigenvalue weighted by Crippen LogP contribution is 1.89. The molecule has 0 aliphatic rings. The smallest absolute Gasteiger partial charge is 0.327 e. The van der Waals surface area contributed by atoms with Crippen molar-refractivity contribution in [2.75, 3.05) is 5.75 Å². The standard InChI is InChI=1S/C6H11NO3S/c1-2-5(8)7-4(3-11)6(9)10/h4,11H,2-3H2,1H3,(H,7,8)(H,9,10)/t4-/m1/s1. The number of amides is 1. The lowest BCUT2D eigenvalue weighted by atomic mass is 10.3. The highest BCUT2D eigenvalue weighted by atomic mass is 32.1. The van der Waals surface area contributed by atoms with E-state index >= 15 is 0 Å². The minimum atomic E-state index is -1.05. The van der Waals surface area contributed by atoms with Crippen molar-refractivity contribution in [3.63, 3.8) is 0 Å². The fourth-order valence-corrected chi connectivity index (χ4v) is 0.729. The second-order valence-corrected chi connectivity index (χ2v) is 2.36. The van der Waals surface area contributed by atoms with E-state index in [0.29, 0.717) is 0 Å². The van der Waals surface area contributed by atoms with Gasteiger partial charge in [-0.05, 0) is 0 Å². The summed E-state index contributed by atoms with van der Waals surface area (Å²) in [5.74, 6) is -1.21. The van der Waals surface area contributed by atoms with Crippen LogP contribution in [0.3, 0.4) is 0 Å². The zero-order valence-corrected chi connectivity index (χ0v) is 7.10. The summed E-state index contributed by atoms with van der Waals surface area (Å²) < 4.78 is 0. The number of carbonyl (C=O) groups is 2. The maximum Gasteiger partial charge on any atom is 0.327 e. The van der Waals surface area contributed by atoms with Crippen LogP contribution >= 0.6 is 12.6 Å². The van der Waals surface area contributed by atoms with Gasteiger partial charge in [-0.15, -0.1) is 0 Å². The van der Waals surface area contributed by atoms with Gasteiger partial charge in [0.25, 0.3) is 0 Å². The van der Waals surface area contributed by atoms with Gasteiger partial charge in [0, 0.05) is 12.2 Å². The first-order valence-corrected chi connectivity index (χ1v) is 3.88. The number of hydrogen-bond donors (Lipinski definition) is 3. The molecular weight excluding hydrogens is 166 g/mol. The maximum atomic E-state index is 10.7. The summed E-state index contributed by atoms with van der Waals surface area (Å²) in [5, 5.41) is 10.8. The molecule has 4 nitrogen and oxygen atoms in total. The molecule has 0 bridgehead atoms. The molecule has 2 N–H and O–H groups in total. The summed E-state index contributed by atoms with van der Waals surface area (Å²) in [6, 6.07) is -0.870. The number of carboxylic acids is 1. The van der Waals surface area contributed by atoms with Crippen LogP contribution < -0.4 is 5.32 Å². The minimum Gasteiger partial charge on any atom is -0.480 e. The number of rotatable bonds is 4. The van der Waals surface area contributed by atoms with E-state index in [9.17, 15) is 9.59 Å². The summed E-state index contributed by atoms with van der Waals surface area (Å²) in [4.78, 5) is 21.0. The van der Waals surface area contributed by atoms with Gasteiger partial charge in [-0.3, -0.25) is 4.79 Å². The fourth-order valence-electron chi connectivity index (χ4n) is 0.482. The quantitative estimate of drug-likeness (QED) is 0.525. The topological polar surface area (TPSA) is 66.4 Å². The first kappa shape index (κ1) is 10.3. The number of carboxylic acid groups (broad SMARTS) is 1. The third-order valence-corrected chi connectivity index (χ3v) is 1.50. The van der Waals surface area contributed by atoms with Crippen LogP contribution in [0, 0.1) is 0 Å². The van der Waals surface area contributed by atoms with Crippen molar-refractivity contribution in [2.24, 2.45) is 0 Å². The Balaban J connectivity index is 3.88. The van der Waals surface area contributed by atoms with Crippen LogP contribution in [0.2, 0.25) is 0 Å². The monoisotopic (exact) mass is 177 g/mol. The molecule has 0 fully saturated rings. The molecule has 0 heterocycles. The number of thiol groups is 1. The number of hydrogen-bond acceptors (Lipinski definition) is 3. The minimum absolute atomic E-state index is 0.112. The van der Waals surface area contributed by atoms with E-state index in [4.69, 9.17) is 5.11 Å². The molecule has 0 aliphatic carbocycles. The third kappa shape index (κ3) is 3.87. The Morgan fingerprint density at radius 3 is 2.45 bits per heavy atom. The van der Waals surface area contributed by atoms with E-state index in [1.807, 2.05) is 0 Å². The predicted molar refractivity (Wildman–Crippen MR) is 43.7 cm³/mol. The molecule has 5 heteroatoms. The normalized spacial score (nSPS) is 12.2. The Labute approximate surface area is 70.4 Å². The summed E-state index contributed by atoms with van der Waals surface area (Å²) in [6.07, 6.45) is 0.289. The molecular formula is C6H11NO3S. The van der Waals surface area contributed by atoms with Crippen LogP contribution in [0.1, 0.15) is 13.3 Å². The average molecular weight is 177 g/mol. The zero-order valence-electron chi connectivity index (χ0n) is 6.20. The zero-order chi connectivity index (χ0) is 8.85. The molecule has 0 rings (SSSR count). The SMILES string of the molecule is CCC(=O)N[C@H](CS)C(=O)O. The molecule has 0 saturated carbocycles. The molecule has 0 unspecified atom stereocenters. The molecule has 64 valence electrons. The van der Waals surface area contributed by atoms with Gasteiger partial charge >= 0.3 is 5.97 Å². The Morgan fingerprint density at radius 2 is 2.18 bits per heavy atom. The lowest BCUT2D eigenvalue weighted by Gasteiger charge is -2.09. The largest absolute Gasteiger partial charge is 0.480 e. The van der Waals surface area contributed by atoms with Crippen molar-refractivity contribution >= 4 is 24.5 Å². The van der Waals surface area contributed by atoms with Crippen molar-refractivity contribution in [1.82, 2.24) is 5.32 Å². The summed E-state index contributed by atoms with van der Waals surface area (Å²) in [6.45, 7) is 1.66. The van der Waals surface area contributed by atoms with Gasteiger partial charge in [0.15, 0.2) is 0 Å². The molecule has 11 heavy (non-hydrogen) atoms. The van der Waals surface area contributed by atoms with Gasteiger partial charge in [-0.25, -0.2) is 4.79 Å². The number of aliphatic carboxylic acids is 1. The Morgan fingerprint density at radius 1 is 1.64 bits per heavy atom. The van der Waals surface area contributed by atoms with Gasteiger partial charge in [0.2, 0.25) is 5.91 Å². The lowest BCUT2D eigenvalue weighted by Crippen LogP contribution is -2.41. The van der Waals surface area contributed by atoms with Crippen LogP contribution in [0.15, 0.2) is 0 Å². The third-order valence-electron chi connectivity index (χ3n) is 1.14. The van der Waals surface area contributed by atoms with E-state index in [1.165, 1.54) is 0 Å². The van der Waals surface area contributed by atoms with Gasteiger partial charge in [-0.2, -0.15) is 12.6 Å². The highest BCUT2D eigenvalue weighted by molar-refractivity contribution is 7.80. The average Bonchev–Trinajstić information content (AvgIpc) is 1.99. The van der Waals surface area contributed by atoms with E-state index in [1.54, 1.807) is 6.92 Å². The van der Waals surface area contributed by atoms with E-state index in [0.717, 1.165) is 0 Å². The molecule has 0 aromatic carbocycles. The Hall–Kier alpha value is -0.710. The summed E-state index contributed by atoms with van der Waals surface area (Å²) >= 11 is 3.77. The van der Waals surface area contributed by atoms with Crippen LogP contribution in [0.25, 0.3) is 0 Å². The summed E-state index contributed by atoms with van der Waals surface area (Å²) in [5.41, 5.74) is 0. The van der Waals surface area contributed by atoms with Crippen molar-refractivity contribution in [3.05, 3.63) is 0 Å². The Kier molecular flexibility index (Phi) is 4.69. The molecule has 1 amide bonds. The number of nitrogens with one attached hydrogen (secondary N) is 1. The predicted octanol–water partition coefficient (Wildman–Crippen LogP) is -0.104. The summed E-state index contributed by atoms with van der Waals surface area (Å²) in [7, 11) is 0. The van der Waals surface area contributed by atoms with Crippen LogP contribution in [-0.2, 0) is 9.59 Å². The maximum absolute atomic E-state index is 10.7. The first-order chi connectivity index (χ1) is 5.11. The molecule has 0 aromatic heterocycles. The van der Waals surface area contributed by atoms with E-state index in [2.05, 4.69) is 17.9 Å². The second kappa shape index (κ2) is 5.01. The molecule has 0 aromatic rings. The molecule has 0 saturated heterocycles. The Bertz CT molecular complexity index is 160. The molecule has 0 aliphatic heterocycles. The van der Waals surface area contributed by atoms with Crippen LogP contribution in [0.5, 0.6) is 0 Å². The van der Waals surface area contributed by atoms with E-state index in [-0.39, 0.29) is 18.1 Å². The molecule has 0 radical (unpaired) electrons. The fraction of sp³-hybridized carbons (Fsp3) is 0.667. The van der Waals surface area contributed by atoms with Crippen molar-refractivity contribution in [2.45, 2.75) is 19.4 Å². The van der Waals surface area contributed by atoms with Gasteiger partial charge in [-0.1, -0.05) is 6.92 Å². The van der Waals surface area contributed by atoms with Gasteiger partial charge < -0.3 is 10.4 Å². The second-order valence-electron chi connectivity index (χ2n) is 1.99. The lowest BCUT2D eigenvalue weighted by molar-refractivity contribution is -0.141.